The zero-order valence-electron chi connectivity index (χ0n) is 21.6. The molecule has 40 heavy (non-hydrogen) atoms. The zero-order valence-corrected chi connectivity index (χ0v) is 22.4. The highest BCUT2D eigenvalue weighted by Gasteiger charge is 2.34. The number of alkyl halides is 1. The van der Waals surface area contributed by atoms with Crippen molar-refractivity contribution in [3.8, 4) is 0 Å². The van der Waals surface area contributed by atoms with Crippen molar-refractivity contribution in [2.45, 2.75) is 24.3 Å². The molecule has 1 aliphatic carbocycles. The molecule has 4 aromatic carbocycles. The van der Waals surface area contributed by atoms with E-state index in [0.29, 0.717) is 5.88 Å². The molecule has 6 heteroatoms. The van der Waals surface area contributed by atoms with Crippen LogP contribution in [0.5, 0.6) is 0 Å². The second-order valence-electron chi connectivity index (χ2n) is 10.6. The van der Waals surface area contributed by atoms with Crippen LogP contribution >= 0.6 is 11.6 Å². The fourth-order valence-corrected chi connectivity index (χ4v) is 6.37. The van der Waals surface area contributed by atoms with Crippen LogP contribution in [0.1, 0.15) is 23.7 Å². The summed E-state index contributed by atoms with van der Waals surface area (Å²) in [6, 6.07) is 31.7. The van der Waals surface area contributed by atoms with Gasteiger partial charge >= 0.3 is 0 Å². The van der Waals surface area contributed by atoms with Gasteiger partial charge in [-0.25, -0.2) is 4.99 Å². The van der Waals surface area contributed by atoms with Gasteiger partial charge in [-0.1, -0.05) is 103 Å². The smallest absolute Gasteiger partial charge is 0.203 e. The van der Waals surface area contributed by atoms with E-state index in [2.05, 4.69) is 101 Å². The van der Waals surface area contributed by atoms with Crippen LogP contribution in [-0.2, 0) is 0 Å². The zero-order chi connectivity index (χ0) is 26.6. The van der Waals surface area contributed by atoms with Gasteiger partial charge in [-0.05, 0) is 51.4 Å². The monoisotopic (exact) mass is 542 g/mol. The number of anilines is 1. The Morgan fingerprint density at radius 1 is 0.800 bits per heavy atom. The quantitative estimate of drug-likeness (QED) is 0.197. The summed E-state index contributed by atoms with van der Waals surface area (Å²) in [5.74, 6) is 1.72. The van der Waals surface area contributed by atoms with Crippen molar-refractivity contribution in [1.82, 2.24) is 10.6 Å². The lowest BCUT2D eigenvalue weighted by Crippen LogP contribution is -2.55. The van der Waals surface area contributed by atoms with Gasteiger partial charge < -0.3 is 15.1 Å². The minimum absolute atomic E-state index is 0.0419. The van der Waals surface area contributed by atoms with Gasteiger partial charge in [0.2, 0.25) is 5.88 Å². The number of nitrogens with one attached hydrogen (secondary N) is 3. The number of hydrogen-bond acceptors (Lipinski definition) is 5. The van der Waals surface area contributed by atoms with E-state index in [1.54, 1.807) is 0 Å². The van der Waals surface area contributed by atoms with E-state index in [4.69, 9.17) is 21.0 Å². The van der Waals surface area contributed by atoms with Gasteiger partial charge in [0.1, 0.15) is 23.1 Å². The molecule has 0 spiro atoms. The molecule has 0 amide bonds. The number of nitrogens with zero attached hydrogens (tertiary/aromatic N) is 1. The molecule has 8 rings (SSSR count). The number of benzene rings is 4. The van der Waals surface area contributed by atoms with Crippen molar-refractivity contribution in [1.29, 1.82) is 0 Å². The van der Waals surface area contributed by atoms with Gasteiger partial charge in [-0.15, -0.1) is 0 Å². The van der Waals surface area contributed by atoms with E-state index in [1.807, 2.05) is 24.3 Å². The second kappa shape index (κ2) is 9.40. The fraction of sp³-hybridized carbons (Fsp3) is 0.147. The van der Waals surface area contributed by atoms with Crippen molar-refractivity contribution in [2.75, 3.05) is 5.32 Å². The molecule has 5 aromatic rings. The van der Waals surface area contributed by atoms with Crippen LogP contribution in [0.15, 0.2) is 106 Å². The molecule has 3 N–H and O–H groups in total. The summed E-state index contributed by atoms with van der Waals surface area (Å²) in [5.41, 5.74) is 3.47. The Morgan fingerprint density at radius 2 is 1.60 bits per heavy atom. The molecule has 196 valence electrons. The molecule has 4 atom stereocenters. The molecule has 0 radical (unpaired) electrons. The van der Waals surface area contributed by atoms with Crippen LogP contribution in [0.4, 0.5) is 5.88 Å². The molecule has 0 saturated heterocycles. The lowest BCUT2D eigenvalue weighted by molar-refractivity contribution is 0.343. The van der Waals surface area contributed by atoms with Crippen LogP contribution in [0.2, 0.25) is 0 Å². The third kappa shape index (κ3) is 4.01. The van der Waals surface area contributed by atoms with Gasteiger partial charge in [-0.3, -0.25) is 5.32 Å². The van der Waals surface area contributed by atoms with Crippen LogP contribution in [0.25, 0.3) is 39.5 Å². The lowest BCUT2D eigenvalue weighted by atomic mass is 9.92. The molecule has 4 unspecified atom stereocenters. The number of halogens is 1. The van der Waals surface area contributed by atoms with Crippen LogP contribution < -0.4 is 26.4 Å². The largest absolute Gasteiger partial charge is 0.440 e. The van der Waals surface area contributed by atoms with E-state index in [0.717, 1.165) is 39.9 Å². The number of fused-ring (bicyclic) bond motifs is 5. The average Bonchev–Trinajstić information content (AvgIpc) is 3.38. The number of aliphatic imine (C=N–C) groups is 1. The molecule has 3 aliphatic rings. The SMILES string of the molecule is ClC1C=C(C2=NC(c3ccc4ccccc4c3)NC(C3C=c4ccccc4=CC3)N2)c2c(oc3ccccc23)N1. The van der Waals surface area contributed by atoms with Gasteiger partial charge in [0, 0.05) is 16.9 Å². The maximum atomic E-state index is 6.69. The van der Waals surface area contributed by atoms with E-state index >= 15 is 0 Å². The topological polar surface area (TPSA) is 61.6 Å². The Kier molecular flexibility index (Phi) is 5.54. The Hall–Kier alpha value is -4.32. The van der Waals surface area contributed by atoms with Gasteiger partial charge in [0.15, 0.2) is 0 Å². The molecule has 5 nitrogen and oxygen atoms in total. The Bertz CT molecular complexity index is 1970. The Labute approximate surface area is 236 Å². The Morgan fingerprint density at radius 3 is 2.52 bits per heavy atom. The number of amidine groups is 1. The van der Waals surface area contributed by atoms with Gasteiger partial charge in [-0.2, -0.15) is 0 Å². The van der Waals surface area contributed by atoms with E-state index in [-0.39, 0.29) is 18.2 Å². The molecule has 3 heterocycles. The second-order valence-corrected chi connectivity index (χ2v) is 11.1. The predicted octanol–water partition coefficient (Wildman–Crippen LogP) is 5.86. The molecule has 0 fully saturated rings. The number of para-hydroxylation sites is 1. The van der Waals surface area contributed by atoms with Gasteiger partial charge in [0.05, 0.1) is 11.7 Å². The summed E-state index contributed by atoms with van der Waals surface area (Å²) in [5, 5.41) is 16.9. The molecule has 0 bridgehead atoms. The predicted molar refractivity (Wildman–Crippen MR) is 164 cm³/mol. The lowest BCUT2D eigenvalue weighted by Gasteiger charge is -2.37. The summed E-state index contributed by atoms with van der Waals surface area (Å²) in [4.78, 5) is 5.27. The van der Waals surface area contributed by atoms with E-state index in [9.17, 15) is 0 Å². The summed E-state index contributed by atoms with van der Waals surface area (Å²) in [7, 11) is 0. The molecule has 2 aliphatic heterocycles. The van der Waals surface area contributed by atoms with Crippen LogP contribution in [-0.4, -0.2) is 17.5 Å². The van der Waals surface area contributed by atoms with Gasteiger partial charge in [0.25, 0.3) is 0 Å². The molecular formula is C34H27ClN4O. The van der Waals surface area contributed by atoms with Crippen molar-refractivity contribution in [2.24, 2.45) is 10.9 Å². The minimum atomic E-state index is -0.415. The average molecular weight is 543 g/mol. The van der Waals surface area contributed by atoms with Crippen LogP contribution in [0.3, 0.4) is 0 Å². The third-order valence-corrected chi connectivity index (χ3v) is 8.34. The summed E-state index contributed by atoms with van der Waals surface area (Å²) < 4.78 is 6.18. The standard InChI is InChI=1S/C34H27ClN4O/c35-29-19-27(30-26-11-5-6-12-28(26)40-34(30)36-29)33-38-31(24-15-13-20-7-1-3-9-22(20)17-24)37-32(39-33)25-16-14-21-8-2-4-10-23(21)18-25/h1-15,17-19,25,29,31-32,36-37H,16H2,(H,38,39). The number of furan rings is 1. The fourth-order valence-electron chi connectivity index (χ4n) is 6.14. The highest BCUT2D eigenvalue weighted by Crippen LogP contribution is 2.40. The molecule has 0 saturated carbocycles. The van der Waals surface area contributed by atoms with Crippen LogP contribution in [0, 0.1) is 5.92 Å². The first-order valence-corrected chi connectivity index (χ1v) is 14.1. The first-order chi connectivity index (χ1) is 19.7. The van der Waals surface area contributed by atoms with Crippen molar-refractivity contribution in [3.63, 3.8) is 0 Å². The minimum Gasteiger partial charge on any atom is -0.440 e. The van der Waals surface area contributed by atoms with E-state index in [1.165, 1.54) is 21.2 Å². The Balaban J connectivity index is 1.26. The normalized spacial score (nSPS) is 23.5. The van der Waals surface area contributed by atoms with Crippen molar-refractivity contribution >= 4 is 62.8 Å². The molecule has 1 aromatic heterocycles. The van der Waals surface area contributed by atoms with E-state index < -0.39 is 5.50 Å². The number of hydrogen-bond donors (Lipinski definition) is 3. The summed E-state index contributed by atoms with van der Waals surface area (Å²) in [6.45, 7) is 0. The first-order valence-electron chi connectivity index (χ1n) is 13.7. The third-order valence-electron chi connectivity index (χ3n) is 8.11. The summed E-state index contributed by atoms with van der Waals surface area (Å²) >= 11 is 6.69. The number of rotatable bonds is 3. The summed E-state index contributed by atoms with van der Waals surface area (Å²) in [6.07, 6.45) is 7.39. The first kappa shape index (κ1) is 23.6. The van der Waals surface area contributed by atoms with Crippen molar-refractivity contribution < 1.29 is 4.42 Å². The maximum Gasteiger partial charge on any atom is 0.203 e. The molecular weight excluding hydrogens is 516 g/mol. The highest BCUT2D eigenvalue weighted by molar-refractivity contribution is 6.32. The maximum absolute atomic E-state index is 6.69. The van der Waals surface area contributed by atoms with Crippen molar-refractivity contribution in [3.05, 3.63) is 119 Å². The highest BCUT2D eigenvalue weighted by atomic mass is 35.5.